The molecule has 1 unspecified atom stereocenters. The second kappa shape index (κ2) is 6.67. The number of aromatic hydroxyl groups is 1. The van der Waals surface area contributed by atoms with E-state index in [0.29, 0.717) is 17.5 Å². The normalized spacial score (nSPS) is 24.3. The summed E-state index contributed by atoms with van der Waals surface area (Å²) in [7, 11) is 1.60. The Hall–Kier alpha value is -1.26. The molecule has 2 fully saturated rings. The fourth-order valence-corrected chi connectivity index (χ4v) is 3.64. The second-order valence-electron chi connectivity index (χ2n) is 6.24. The van der Waals surface area contributed by atoms with Gasteiger partial charge in [-0.25, -0.2) is 0 Å². The molecule has 0 aliphatic carbocycles. The number of hydrogen-bond donors (Lipinski definition) is 1. The van der Waals surface area contributed by atoms with Crippen LogP contribution in [0.4, 0.5) is 0 Å². The smallest absolute Gasteiger partial charge is 0.162 e. The van der Waals surface area contributed by atoms with Crippen LogP contribution in [0.1, 0.15) is 31.2 Å². The molecule has 0 radical (unpaired) electrons. The number of hydrogen-bond acceptors (Lipinski definition) is 4. The molecule has 116 valence electrons. The molecule has 2 saturated heterocycles. The maximum atomic E-state index is 10.2. The lowest BCUT2D eigenvalue weighted by Crippen LogP contribution is -2.40. The second-order valence-corrected chi connectivity index (χ2v) is 6.24. The lowest BCUT2D eigenvalue weighted by atomic mass is 10.1. The van der Waals surface area contributed by atoms with Crippen molar-refractivity contribution in [2.24, 2.45) is 0 Å². The van der Waals surface area contributed by atoms with Gasteiger partial charge in [0.2, 0.25) is 0 Å². The fraction of sp³-hybridized carbons (Fsp3) is 0.647. The number of rotatable bonds is 4. The van der Waals surface area contributed by atoms with Crippen molar-refractivity contribution in [1.29, 1.82) is 0 Å². The first-order valence-electron chi connectivity index (χ1n) is 8.09. The molecule has 1 aromatic rings. The zero-order chi connectivity index (χ0) is 14.7. The minimum absolute atomic E-state index is 0.293. The van der Waals surface area contributed by atoms with Gasteiger partial charge in [0.1, 0.15) is 0 Å². The molecule has 1 N–H and O–H groups in total. The summed E-state index contributed by atoms with van der Waals surface area (Å²) in [5.41, 5.74) is 0.966. The van der Waals surface area contributed by atoms with Crippen molar-refractivity contribution >= 4 is 0 Å². The standard InChI is InChI=1S/C17H26N2O2/c1-21-16-7-5-6-14(17(16)20)12-18-11-8-15(13-18)19-9-3-2-4-10-19/h5-7,15,20H,2-4,8-13H2,1H3. The van der Waals surface area contributed by atoms with Gasteiger partial charge >= 0.3 is 0 Å². The molecule has 2 heterocycles. The van der Waals surface area contributed by atoms with Crippen LogP contribution in [0.15, 0.2) is 18.2 Å². The highest BCUT2D eigenvalue weighted by Gasteiger charge is 2.28. The first kappa shape index (κ1) is 14.7. The minimum Gasteiger partial charge on any atom is -0.504 e. The molecule has 4 heteroatoms. The average Bonchev–Trinajstić information content (AvgIpc) is 2.99. The largest absolute Gasteiger partial charge is 0.504 e. The van der Waals surface area contributed by atoms with E-state index in [1.165, 1.54) is 38.8 Å². The fourth-order valence-electron chi connectivity index (χ4n) is 3.64. The quantitative estimate of drug-likeness (QED) is 0.924. The van der Waals surface area contributed by atoms with E-state index in [4.69, 9.17) is 4.74 Å². The number of piperidine rings is 1. The van der Waals surface area contributed by atoms with Crippen molar-refractivity contribution in [3.63, 3.8) is 0 Å². The van der Waals surface area contributed by atoms with Crippen LogP contribution in [-0.2, 0) is 6.54 Å². The van der Waals surface area contributed by atoms with E-state index < -0.39 is 0 Å². The number of likely N-dealkylation sites (tertiary alicyclic amines) is 2. The number of phenols is 1. The number of nitrogens with zero attached hydrogens (tertiary/aromatic N) is 2. The summed E-state index contributed by atoms with van der Waals surface area (Å²) in [5.74, 6) is 0.862. The van der Waals surface area contributed by atoms with Crippen molar-refractivity contribution in [2.45, 2.75) is 38.3 Å². The minimum atomic E-state index is 0.293. The molecule has 4 nitrogen and oxygen atoms in total. The van der Waals surface area contributed by atoms with Crippen molar-refractivity contribution < 1.29 is 9.84 Å². The molecule has 21 heavy (non-hydrogen) atoms. The van der Waals surface area contributed by atoms with E-state index in [9.17, 15) is 5.11 Å². The Kier molecular flexibility index (Phi) is 4.66. The number of para-hydroxylation sites is 1. The first-order valence-corrected chi connectivity index (χ1v) is 8.09. The predicted octanol–water partition coefficient (Wildman–Crippen LogP) is 2.46. The maximum absolute atomic E-state index is 10.2. The molecule has 0 aromatic heterocycles. The Morgan fingerprint density at radius 1 is 1.19 bits per heavy atom. The number of methoxy groups -OCH3 is 1. The lowest BCUT2D eigenvalue weighted by Gasteiger charge is -2.32. The van der Waals surface area contributed by atoms with Gasteiger partial charge in [-0.05, 0) is 38.4 Å². The Balaban J connectivity index is 1.59. The first-order chi connectivity index (χ1) is 10.3. The van der Waals surface area contributed by atoms with Gasteiger partial charge in [-0.3, -0.25) is 9.80 Å². The Morgan fingerprint density at radius 3 is 2.76 bits per heavy atom. The van der Waals surface area contributed by atoms with E-state index in [0.717, 1.165) is 25.2 Å². The zero-order valence-electron chi connectivity index (χ0n) is 12.9. The summed E-state index contributed by atoms with van der Waals surface area (Å²) in [6.45, 7) is 5.59. The van der Waals surface area contributed by atoms with Crippen LogP contribution in [0.2, 0.25) is 0 Å². The third-order valence-electron chi connectivity index (χ3n) is 4.85. The molecule has 0 amide bonds. The highest BCUT2D eigenvalue weighted by atomic mass is 16.5. The third kappa shape index (κ3) is 3.33. The van der Waals surface area contributed by atoms with E-state index in [1.54, 1.807) is 13.2 Å². The van der Waals surface area contributed by atoms with Crippen LogP contribution in [0, 0.1) is 0 Å². The Morgan fingerprint density at radius 2 is 2.00 bits per heavy atom. The van der Waals surface area contributed by atoms with Crippen LogP contribution in [-0.4, -0.2) is 54.2 Å². The maximum Gasteiger partial charge on any atom is 0.162 e. The Labute approximate surface area is 127 Å². The van der Waals surface area contributed by atoms with Gasteiger partial charge in [0, 0.05) is 31.2 Å². The topological polar surface area (TPSA) is 35.9 Å². The zero-order valence-corrected chi connectivity index (χ0v) is 12.9. The van der Waals surface area contributed by atoms with Crippen molar-refractivity contribution in [2.75, 3.05) is 33.3 Å². The van der Waals surface area contributed by atoms with Gasteiger partial charge in [-0.1, -0.05) is 18.6 Å². The van der Waals surface area contributed by atoms with E-state index >= 15 is 0 Å². The van der Waals surface area contributed by atoms with E-state index in [2.05, 4.69) is 9.80 Å². The molecule has 2 aliphatic heterocycles. The average molecular weight is 290 g/mol. The summed E-state index contributed by atoms with van der Waals surface area (Å²) >= 11 is 0. The Bertz CT molecular complexity index is 472. The molecule has 0 bridgehead atoms. The van der Waals surface area contributed by atoms with Crippen LogP contribution >= 0.6 is 0 Å². The molecule has 0 spiro atoms. The summed E-state index contributed by atoms with van der Waals surface area (Å²) in [4.78, 5) is 5.11. The molecule has 1 atom stereocenters. The summed E-state index contributed by atoms with van der Waals surface area (Å²) < 4.78 is 5.19. The molecular weight excluding hydrogens is 264 g/mol. The van der Waals surface area contributed by atoms with Gasteiger partial charge in [0.25, 0.3) is 0 Å². The van der Waals surface area contributed by atoms with Crippen molar-refractivity contribution in [3.05, 3.63) is 23.8 Å². The highest BCUT2D eigenvalue weighted by Crippen LogP contribution is 2.31. The van der Waals surface area contributed by atoms with Crippen LogP contribution in [0.5, 0.6) is 11.5 Å². The van der Waals surface area contributed by atoms with Gasteiger partial charge in [0.05, 0.1) is 7.11 Å². The number of phenolic OH excluding ortho intramolecular Hbond substituents is 1. The van der Waals surface area contributed by atoms with E-state index in [1.807, 2.05) is 12.1 Å². The van der Waals surface area contributed by atoms with Gasteiger partial charge in [-0.2, -0.15) is 0 Å². The van der Waals surface area contributed by atoms with Gasteiger partial charge in [-0.15, -0.1) is 0 Å². The number of benzene rings is 1. The molecular formula is C17H26N2O2. The molecule has 3 rings (SSSR count). The van der Waals surface area contributed by atoms with Gasteiger partial charge in [0.15, 0.2) is 11.5 Å². The molecule has 0 saturated carbocycles. The summed E-state index contributed by atoms with van der Waals surface area (Å²) in [5, 5.41) is 10.2. The summed E-state index contributed by atoms with van der Waals surface area (Å²) in [6.07, 6.45) is 5.36. The number of ether oxygens (including phenoxy) is 1. The van der Waals surface area contributed by atoms with Gasteiger partial charge < -0.3 is 9.84 Å². The summed E-state index contributed by atoms with van der Waals surface area (Å²) in [6, 6.07) is 6.45. The molecule has 2 aliphatic rings. The third-order valence-corrected chi connectivity index (χ3v) is 4.85. The monoisotopic (exact) mass is 290 g/mol. The van der Waals surface area contributed by atoms with E-state index in [-0.39, 0.29) is 0 Å². The van der Waals surface area contributed by atoms with Crippen LogP contribution < -0.4 is 4.74 Å². The molecule has 1 aromatic carbocycles. The highest BCUT2D eigenvalue weighted by molar-refractivity contribution is 5.45. The van der Waals surface area contributed by atoms with Crippen LogP contribution in [0.25, 0.3) is 0 Å². The van der Waals surface area contributed by atoms with Crippen molar-refractivity contribution in [3.8, 4) is 11.5 Å². The van der Waals surface area contributed by atoms with Crippen molar-refractivity contribution in [1.82, 2.24) is 9.80 Å². The SMILES string of the molecule is COc1cccc(CN2CCC(N3CCCCC3)C2)c1O. The predicted molar refractivity (Wildman–Crippen MR) is 83.8 cm³/mol. The lowest BCUT2D eigenvalue weighted by molar-refractivity contribution is 0.161. The van der Waals surface area contributed by atoms with Crippen LogP contribution in [0.3, 0.4) is 0 Å².